The lowest BCUT2D eigenvalue weighted by atomic mass is 10.0. The third-order valence-corrected chi connectivity index (χ3v) is 5.70. The summed E-state index contributed by atoms with van der Waals surface area (Å²) in [5, 5.41) is 9.49. The van der Waals surface area contributed by atoms with Gasteiger partial charge < -0.3 is 15.8 Å². The zero-order valence-electron chi connectivity index (χ0n) is 18.0. The molecule has 2 aliphatic rings. The van der Waals surface area contributed by atoms with Gasteiger partial charge in [0.05, 0.1) is 29.7 Å². The van der Waals surface area contributed by atoms with Crippen LogP contribution in [0.2, 0.25) is 0 Å². The number of unbranched alkanes of at least 4 members (excludes halogenated alkanes) is 1. The number of rotatable bonds is 9. The fourth-order valence-electron chi connectivity index (χ4n) is 4.05. The molecule has 9 nitrogen and oxygen atoms in total. The minimum Gasteiger partial charge on any atom is -0.370 e. The van der Waals surface area contributed by atoms with E-state index in [1.165, 1.54) is 18.4 Å². The van der Waals surface area contributed by atoms with Crippen LogP contribution in [0.25, 0.3) is 0 Å². The van der Waals surface area contributed by atoms with Crippen molar-refractivity contribution in [3.05, 3.63) is 40.8 Å². The molecule has 0 aliphatic carbocycles. The van der Waals surface area contributed by atoms with Gasteiger partial charge in [-0.3, -0.25) is 14.9 Å². The van der Waals surface area contributed by atoms with Crippen molar-refractivity contribution in [2.45, 2.75) is 51.7 Å². The van der Waals surface area contributed by atoms with Crippen molar-refractivity contribution >= 4 is 24.3 Å². The SMILES string of the molecule is CCCCNc1nc(N)nc2c1C(C=O)N(Cc1ccc(CN3CCCC3)cn1)N=C2. The van der Waals surface area contributed by atoms with Crippen molar-refractivity contribution in [1.29, 1.82) is 0 Å². The standard InChI is InChI=1S/C22H30N8O/c1-2-3-8-24-21-20-18(27-22(23)28-21)12-26-30(19(20)15-31)14-17-7-6-16(11-25-17)13-29-9-4-5-10-29/h6-7,11-12,15,19H,2-5,8-10,13-14H2,1H3,(H3,23,24,27,28). The maximum absolute atomic E-state index is 12.1. The van der Waals surface area contributed by atoms with E-state index in [9.17, 15) is 4.79 Å². The summed E-state index contributed by atoms with van der Waals surface area (Å²) in [6.07, 6.45) is 9.04. The third kappa shape index (κ3) is 4.99. The van der Waals surface area contributed by atoms with Crippen molar-refractivity contribution in [2.75, 3.05) is 30.7 Å². The molecule has 0 saturated carbocycles. The Hall–Kier alpha value is -3.07. The van der Waals surface area contributed by atoms with Crippen LogP contribution in [0.1, 0.15) is 61.2 Å². The van der Waals surface area contributed by atoms with Gasteiger partial charge in [0.15, 0.2) is 0 Å². The summed E-state index contributed by atoms with van der Waals surface area (Å²) in [7, 11) is 0. The molecule has 4 rings (SSSR count). The summed E-state index contributed by atoms with van der Waals surface area (Å²) in [4.78, 5) is 27.8. The number of nitrogens with one attached hydrogen (secondary N) is 1. The molecule has 2 aliphatic heterocycles. The van der Waals surface area contributed by atoms with Gasteiger partial charge in [-0.2, -0.15) is 10.1 Å². The number of carbonyl (C=O) groups excluding carboxylic acids is 1. The highest BCUT2D eigenvalue weighted by atomic mass is 16.1. The number of aldehydes is 1. The van der Waals surface area contributed by atoms with Crippen molar-refractivity contribution < 1.29 is 4.79 Å². The Morgan fingerprint density at radius 1 is 1.23 bits per heavy atom. The molecule has 164 valence electrons. The van der Waals surface area contributed by atoms with E-state index in [0.29, 0.717) is 23.6 Å². The smallest absolute Gasteiger partial charge is 0.222 e. The topological polar surface area (TPSA) is 113 Å². The molecular weight excluding hydrogens is 392 g/mol. The first-order valence-electron chi connectivity index (χ1n) is 11.0. The Morgan fingerprint density at radius 3 is 2.77 bits per heavy atom. The lowest BCUT2D eigenvalue weighted by Crippen LogP contribution is -2.31. The van der Waals surface area contributed by atoms with E-state index in [2.05, 4.69) is 43.3 Å². The van der Waals surface area contributed by atoms with Gasteiger partial charge in [-0.1, -0.05) is 19.4 Å². The molecule has 0 radical (unpaired) electrons. The second kappa shape index (κ2) is 9.82. The van der Waals surface area contributed by atoms with Gasteiger partial charge in [0.1, 0.15) is 18.1 Å². The number of likely N-dealkylation sites (tertiary alicyclic amines) is 1. The van der Waals surface area contributed by atoms with Crippen LogP contribution in [0.3, 0.4) is 0 Å². The molecule has 0 amide bonds. The third-order valence-electron chi connectivity index (χ3n) is 5.70. The molecule has 0 aromatic carbocycles. The quantitative estimate of drug-likeness (QED) is 0.468. The fraction of sp³-hybridized carbons (Fsp3) is 0.500. The average molecular weight is 423 g/mol. The van der Waals surface area contributed by atoms with E-state index in [-0.39, 0.29) is 5.95 Å². The van der Waals surface area contributed by atoms with Crippen LogP contribution < -0.4 is 11.1 Å². The number of nitrogens with zero attached hydrogens (tertiary/aromatic N) is 6. The second-order valence-electron chi connectivity index (χ2n) is 8.07. The van der Waals surface area contributed by atoms with E-state index >= 15 is 0 Å². The predicted molar refractivity (Wildman–Crippen MR) is 121 cm³/mol. The number of fused-ring (bicyclic) bond motifs is 1. The van der Waals surface area contributed by atoms with Crippen LogP contribution in [0.5, 0.6) is 0 Å². The van der Waals surface area contributed by atoms with Crippen molar-refractivity contribution in [3.63, 3.8) is 0 Å². The molecule has 31 heavy (non-hydrogen) atoms. The molecule has 3 N–H and O–H groups in total. The molecule has 0 bridgehead atoms. The lowest BCUT2D eigenvalue weighted by Gasteiger charge is -2.30. The molecule has 9 heteroatoms. The molecule has 1 fully saturated rings. The van der Waals surface area contributed by atoms with Crippen molar-refractivity contribution in [1.82, 2.24) is 24.9 Å². The minimum atomic E-state index is -0.601. The van der Waals surface area contributed by atoms with E-state index in [4.69, 9.17) is 5.73 Å². The number of aromatic nitrogens is 3. The molecule has 1 saturated heterocycles. The van der Waals surface area contributed by atoms with E-state index in [1.807, 2.05) is 12.3 Å². The summed E-state index contributed by atoms with van der Waals surface area (Å²) < 4.78 is 0. The summed E-state index contributed by atoms with van der Waals surface area (Å²) in [6, 6.07) is 3.52. The highest BCUT2D eigenvalue weighted by Gasteiger charge is 2.30. The van der Waals surface area contributed by atoms with Crippen LogP contribution in [0.4, 0.5) is 11.8 Å². The first kappa shape index (κ1) is 21.2. The van der Waals surface area contributed by atoms with E-state index < -0.39 is 6.04 Å². The number of nitrogen functional groups attached to an aromatic ring is 1. The first-order valence-corrected chi connectivity index (χ1v) is 11.0. The first-order chi connectivity index (χ1) is 15.2. The number of nitrogens with two attached hydrogens (primary N) is 1. The summed E-state index contributed by atoms with van der Waals surface area (Å²) in [5.74, 6) is 0.760. The molecule has 1 atom stereocenters. The number of hydrogen-bond donors (Lipinski definition) is 2. The number of hydrogen-bond acceptors (Lipinski definition) is 9. The lowest BCUT2D eigenvalue weighted by molar-refractivity contribution is -0.113. The Balaban J connectivity index is 1.50. The Bertz CT molecular complexity index is 924. The molecular formula is C22H30N8O. The van der Waals surface area contributed by atoms with Crippen molar-refractivity contribution in [2.24, 2.45) is 5.10 Å². The van der Waals surface area contributed by atoms with Crippen LogP contribution in [0.15, 0.2) is 23.4 Å². The summed E-state index contributed by atoms with van der Waals surface area (Å²) in [5.41, 5.74) is 9.21. The predicted octanol–water partition coefficient (Wildman–Crippen LogP) is 2.35. The molecule has 2 aromatic heterocycles. The molecule has 0 spiro atoms. The van der Waals surface area contributed by atoms with E-state index in [1.54, 1.807) is 11.2 Å². The Labute approximate surface area is 182 Å². The van der Waals surface area contributed by atoms with Gasteiger partial charge in [-0.25, -0.2) is 4.98 Å². The van der Waals surface area contributed by atoms with Gasteiger partial charge in [0, 0.05) is 19.3 Å². The number of pyridine rings is 1. The van der Waals surface area contributed by atoms with Crippen molar-refractivity contribution in [3.8, 4) is 0 Å². The van der Waals surface area contributed by atoms with Gasteiger partial charge in [-0.15, -0.1) is 0 Å². The number of carbonyl (C=O) groups is 1. The highest BCUT2D eigenvalue weighted by Crippen LogP contribution is 2.32. The summed E-state index contributed by atoms with van der Waals surface area (Å²) >= 11 is 0. The maximum Gasteiger partial charge on any atom is 0.222 e. The zero-order chi connectivity index (χ0) is 21.6. The average Bonchev–Trinajstić information content (AvgIpc) is 3.28. The second-order valence-corrected chi connectivity index (χ2v) is 8.07. The zero-order valence-corrected chi connectivity index (χ0v) is 18.0. The van der Waals surface area contributed by atoms with Crippen LogP contribution in [-0.4, -0.2) is 57.0 Å². The highest BCUT2D eigenvalue weighted by molar-refractivity contribution is 5.86. The van der Waals surface area contributed by atoms with Crippen LogP contribution in [-0.2, 0) is 17.9 Å². The minimum absolute atomic E-state index is 0.164. The monoisotopic (exact) mass is 422 g/mol. The van der Waals surface area contributed by atoms with Gasteiger partial charge >= 0.3 is 0 Å². The Morgan fingerprint density at radius 2 is 2.06 bits per heavy atom. The Kier molecular flexibility index (Phi) is 6.71. The molecule has 4 heterocycles. The molecule has 2 aromatic rings. The maximum atomic E-state index is 12.1. The van der Waals surface area contributed by atoms with E-state index in [0.717, 1.165) is 51.0 Å². The fourth-order valence-corrected chi connectivity index (χ4v) is 4.05. The largest absolute Gasteiger partial charge is 0.370 e. The van der Waals surface area contributed by atoms with Crippen LogP contribution in [0, 0.1) is 0 Å². The normalized spacial score (nSPS) is 18.2. The number of anilines is 2. The van der Waals surface area contributed by atoms with Crippen LogP contribution >= 0.6 is 0 Å². The summed E-state index contributed by atoms with van der Waals surface area (Å²) in [6.45, 7) is 6.55. The molecule has 1 unspecified atom stereocenters. The van der Waals surface area contributed by atoms with Gasteiger partial charge in [-0.05, 0) is 44.0 Å². The van der Waals surface area contributed by atoms with Gasteiger partial charge in [0.25, 0.3) is 0 Å². The van der Waals surface area contributed by atoms with Gasteiger partial charge in [0.2, 0.25) is 5.95 Å². The number of hydrazone groups is 1.